The van der Waals surface area contributed by atoms with Crippen molar-refractivity contribution in [1.82, 2.24) is 20.9 Å². The lowest BCUT2D eigenvalue weighted by Gasteiger charge is -2.27. The van der Waals surface area contributed by atoms with E-state index >= 15 is 0 Å². The zero-order chi connectivity index (χ0) is 25.2. The first-order valence-electron chi connectivity index (χ1n) is 12.2. The van der Waals surface area contributed by atoms with Gasteiger partial charge in [0.25, 0.3) is 0 Å². The van der Waals surface area contributed by atoms with E-state index in [0.717, 1.165) is 29.7 Å². The van der Waals surface area contributed by atoms with Crippen LogP contribution >= 0.6 is 0 Å². The topological polar surface area (TPSA) is 99.8 Å². The molecule has 8 heteroatoms. The van der Waals surface area contributed by atoms with E-state index in [1.54, 1.807) is 14.0 Å². The molecule has 0 fully saturated rings. The van der Waals surface area contributed by atoms with Gasteiger partial charge in [0.1, 0.15) is 23.9 Å². The molecule has 0 unspecified atom stereocenters. The van der Waals surface area contributed by atoms with Crippen LogP contribution in [0.2, 0.25) is 0 Å². The van der Waals surface area contributed by atoms with Gasteiger partial charge in [-0.2, -0.15) is 0 Å². The number of ether oxygens (including phenoxy) is 1. The maximum absolute atomic E-state index is 13.1. The van der Waals surface area contributed by atoms with Crippen LogP contribution in [0.4, 0.5) is 0 Å². The van der Waals surface area contributed by atoms with Crippen LogP contribution in [0, 0.1) is 0 Å². The maximum Gasteiger partial charge on any atom is 0.243 e. The second-order valence-electron chi connectivity index (χ2n) is 8.99. The summed E-state index contributed by atoms with van der Waals surface area (Å²) in [5, 5.41) is 8.95. The third-order valence-corrected chi connectivity index (χ3v) is 6.20. The average Bonchev–Trinajstić information content (AvgIpc) is 2.86. The predicted molar refractivity (Wildman–Crippen MR) is 135 cm³/mol. The largest absolute Gasteiger partial charge is 0.489 e. The molecule has 3 N–H and O–H groups in total. The van der Waals surface area contributed by atoms with Crippen molar-refractivity contribution in [2.75, 3.05) is 26.7 Å². The Kier molecular flexibility index (Phi) is 9.66. The molecule has 3 rings (SSSR count). The van der Waals surface area contributed by atoms with Crippen molar-refractivity contribution in [2.45, 2.75) is 51.3 Å². The summed E-state index contributed by atoms with van der Waals surface area (Å²) in [5.41, 5.74) is 2.00. The molecule has 3 amide bonds. The second-order valence-corrected chi connectivity index (χ2v) is 8.99. The van der Waals surface area contributed by atoms with Gasteiger partial charge in [-0.1, -0.05) is 48.5 Å². The fourth-order valence-electron chi connectivity index (χ4n) is 3.95. The number of rotatable bonds is 2. The molecular weight excluding hydrogens is 444 g/mol. The number of nitrogens with one attached hydrogen (secondary N) is 3. The number of para-hydroxylation sites is 1. The van der Waals surface area contributed by atoms with Gasteiger partial charge in [-0.05, 0) is 43.9 Å². The van der Waals surface area contributed by atoms with E-state index in [0.29, 0.717) is 19.5 Å². The Labute approximate surface area is 207 Å². The van der Waals surface area contributed by atoms with Gasteiger partial charge in [-0.3, -0.25) is 14.4 Å². The molecule has 0 saturated carbocycles. The van der Waals surface area contributed by atoms with Crippen molar-refractivity contribution >= 4 is 17.7 Å². The molecule has 2 aromatic rings. The molecule has 1 aliphatic heterocycles. The SMILES string of the molecule is C[C@@H]1CNCC(=O)N(C)[C@H](C)C(=O)N[C@H](Cc2ccccc2)C(=O)NCCCc2ccccc2O1. The highest BCUT2D eigenvalue weighted by molar-refractivity contribution is 5.92. The first-order valence-corrected chi connectivity index (χ1v) is 12.2. The zero-order valence-corrected chi connectivity index (χ0v) is 20.8. The predicted octanol–water partition coefficient (Wildman–Crippen LogP) is 1.68. The van der Waals surface area contributed by atoms with E-state index in [2.05, 4.69) is 16.0 Å². The summed E-state index contributed by atoms with van der Waals surface area (Å²) in [6.07, 6.45) is 1.69. The normalized spacial score (nSPS) is 23.2. The van der Waals surface area contributed by atoms with Crippen molar-refractivity contribution in [3.63, 3.8) is 0 Å². The van der Waals surface area contributed by atoms with Crippen molar-refractivity contribution in [2.24, 2.45) is 0 Å². The summed E-state index contributed by atoms with van der Waals surface area (Å²) in [4.78, 5) is 40.1. The molecule has 3 atom stereocenters. The molecule has 0 bridgehead atoms. The van der Waals surface area contributed by atoms with Crippen LogP contribution in [0.5, 0.6) is 5.75 Å². The van der Waals surface area contributed by atoms with Crippen LogP contribution in [0.3, 0.4) is 0 Å². The van der Waals surface area contributed by atoms with Gasteiger partial charge in [0, 0.05) is 26.6 Å². The highest BCUT2D eigenvalue weighted by atomic mass is 16.5. The summed E-state index contributed by atoms with van der Waals surface area (Å²) in [6, 6.07) is 15.9. The first-order chi connectivity index (χ1) is 16.8. The molecule has 35 heavy (non-hydrogen) atoms. The number of benzene rings is 2. The Balaban J connectivity index is 1.78. The number of aryl methyl sites for hydroxylation is 1. The molecule has 0 aromatic heterocycles. The third kappa shape index (κ3) is 7.82. The Morgan fingerprint density at radius 1 is 0.971 bits per heavy atom. The van der Waals surface area contributed by atoms with Crippen LogP contribution < -0.4 is 20.7 Å². The minimum absolute atomic E-state index is 0.0808. The number of likely N-dealkylation sites (N-methyl/N-ethyl adjacent to an activating group) is 1. The van der Waals surface area contributed by atoms with Crippen LogP contribution in [-0.2, 0) is 27.2 Å². The number of carbonyl (C=O) groups is 3. The van der Waals surface area contributed by atoms with Gasteiger partial charge in [-0.25, -0.2) is 0 Å². The molecule has 8 nitrogen and oxygen atoms in total. The monoisotopic (exact) mass is 480 g/mol. The van der Waals surface area contributed by atoms with Crippen LogP contribution in [0.15, 0.2) is 54.6 Å². The van der Waals surface area contributed by atoms with E-state index < -0.39 is 12.1 Å². The molecular formula is C27H36N4O4. The summed E-state index contributed by atoms with van der Waals surface area (Å²) < 4.78 is 6.11. The minimum Gasteiger partial charge on any atom is -0.489 e. The van der Waals surface area contributed by atoms with Gasteiger partial charge in [0.2, 0.25) is 17.7 Å². The fraction of sp³-hybridized carbons (Fsp3) is 0.444. The number of hydrogen-bond donors (Lipinski definition) is 3. The summed E-state index contributed by atoms with van der Waals surface area (Å²) in [6.45, 7) is 4.64. The van der Waals surface area contributed by atoms with Crippen molar-refractivity contribution in [3.05, 3.63) is 65.7 Å². The van der Waals surface area contributed by atoms with Crippen LogP contribution in [0.25, 0.3) is 0 Å². The fourth-order valence-corrected chi connectivity index (χ4v) is 3.95. The Bertz CT molecular complexity index is 998. The van der Waals surface area contributed by atoms with Crippen LogP contribution in [0.1, 0.15) is 31.4 Å². The van der Waals surface area contributed by atoms with Gasteiger partial charge >= 0.3 is 0 Å². The number of hydrogen-bond acceptors (Lipinski definition) is 5. The summed E-state index contributed by atoms with van der Waals surface area (Å²) in [7, 11) is 1.59. The molecule has 0 aliphatic carbocycles. The third-order valence-electron chi connectivity index (χ3n) is 6.20. The number of fused-ring (bicyclic) bond motifs is 1. The average molecular weight is 481 g/mol. The Hall–Kier alpha value is -3.39. The molecule has 1 heterocycles. The van der Waals surface area contributed by atoms with Crippen molar-refractivity contribution < 1.29 is 19.1 Å². The molecule has 0 radical (unpaired) electrons. The second kappa shape index (κ2) is 12.9. The maximum atomic E-state index is 13.1. The van der Waals surface area contributed by atoms with E-state index in [4.69, 9.17) is 4.74 Å². The van der Waals surface area contributed by atoms with Gasteiger partial charge in [0.05, 0.1) is 6.54 Å². The van der Waals surface area contributed by atoms with Gasteiger partial charge in [0.15, 0.2) is 0 Å². The lowest BCUT2D eigenvalue weighted by molar-refractivity contribution is -0.138. The Morgan fingerprint density at radius 3 is 2.46 bits per heavy atom. The van der Waals surface area contributed by atoms with E-state index in [1.165, 1.54) is 4.90 Å². The lowest BCUT2D eigenvalue weighted by atomic mass is 10.0. The number of amides is 3. The minimum atomic E-state index is -0.746. The zero-order valence-electron chi connectivity index (χ0n) is 20.8. The van der Waals surface area contributed by atoms with E-state index in [-0.39, 0.29) is 30.4 Å². The molecule has 188 valence electrons. The number of carbonyl (C=O) groups excluding carboxylic acids is 3. The van der Waals surface area contributed by atoms with Crippen molar-refractivity contribution in [3.8, 4) is 5.75 Å². The highest BCUT2D eigenvalue weighted by Crippen LogP contribution is 2.20. The standard InChI is InChI=1S/C27H36N4O4/c1-19-17-28-18-25(32)31(3)20(2)26(33)30-23(16-21-10-5-4-6-11-21)27(34)29-15-9-13-22-12-7-8-14-24(22)35-19/h4-8,10-12,14,19-20,23,28H,9,13,15-18H2,1-3H3,(H,29,34)(H,30,33)/t19-,20-,23-/m1/s1. The summed E-state index contributed by atoms with van der Waals surface area (Å²) in [5.74, 6) is -0.0287. The molecule has 0 saturated heterocycles. The lowest BCUT2D eigenvalue weighted by Crippen LogP contribution is -2.54. The van der Waals surface area contributed by atoms with E-state index in [9.17, 15) is 14.4 Å². The first kappa shape index (κ1) is 26.2. The number of nitrogens with zero attached hydrogens (tertiary/aromatic N) is 1. The summed E-state index contributed by atoms with van der Waals surface area (Å²) >= 11 is 0. The highest BCUT2D eigenvalue weighted by Gasteiger charge is 2.27. The van der Waals surface area contributed by atoms with Crippen LogP contribution in [-0.4, -0.2) is 67.5 Å². The van der Waals surface area contributed by atoms with E-state index in [1.807, 2.05) is 61.5 Å². The van der Waals surface area contributed by atoms with Gasteiger partial charge < -0.3 is 25.6 Å². The quantitative estimate of drug-likeness (QED) is 0.608. The molecule has 1 aliphatic rings. The smallest absolute Gasteiger partial charge is 0.243 e. The molecule has 0 spiro atoms. The Morgan fingerprint density at radius 2 is 1.69 bits per heavy atom. The van der Waals surface area contributed by atoms with Gasteiger partial charge in [-0.15, -0.1) is 0 Å². The van der Waals surface area contributed by atoms with Crippen molar-refractivity contribution in [1.29, 1.82) is 0 Å². The molecule has 2 aromatic carbocycles.